The zero-order valence-corrected chi connectivity index (χ0v) is 12.0. The van der Waals surface area contributed by atoms with Gasteiger partial charge in [0.1, 0.15) is 0 Å². The highest BCUT2D eigenvalue weighted by Gasteiger charge is 2.32. The second-order valence-electron chi connectivity index (χ2n) is 5.13. The van der Waals surface area contributed by atoms with E-state index in [1.807, 2.05) is 0 Å². The number of rotatable bonds is 3. The molecule has 1 unspecified atom stereocenters. The van der Waals surface area contributed by atoms with Gasteiger partial charge >= 0.3 is 0 Å². The van der Waals surface area contributed by atoms with Gasteiger partial charge < -0.3 is 4.90 Å². The van der Waals surface area contributed by atoms with Crippen molar-refractivity contribution in [3.05, 3.63) is 30.6 Å². The van der Waals surface area contributed by atoms with Crippen molar-refractivity contribution >= 4 is 32.7 Å². The standard InChI is InChI=1S/C13H14N4O3S/c14-21(19,20)8-9-5-13(18)17(7-9)10-1-2-11-12(6-10)16-4-3-15-11/h1-4,6,9H,5,7-8H2,(H2,14,19,20). The minimum absolute atomic E-state index is 0.105. The predicted molar refractivity (Wildman–Crippen MR) is 78.0 cm³/mol. The number of fused-ring (bicyclic) bond motifs is 1. The van der Waals surface area contributed by atoms with Crippen LogP contribution in [0.4, 0.5) is 5.69 Å². The van der Waals surface area contributed by atoms with Gasteiger partial charge in [0, 0.05) is 37.0 Å². The van der Waals surface area contributed by atoms with E-state index in [1.165, 1.54) is 0 Å². The lowest BCUT2D eigenvalue weighted by molar-refractivity contribution is -0.117. The van der Waals surface area contributed by atoms with Crippen LogP contribution in [0.1, 0.15) is 6.42 Å². The first kappa shape index (κ1) is 13.9. The molecule has 0 bridgehead atoms. The fourth-order valence-corrected chi connectivity index (χ4v) is 3.47. The van der Waals surface area contributed by atoms with Crippen LogP contribution in [0.15, 0.2) is 30.6 Å². The maximum Gasteiger partial charge on any atom is 0.227 e. The molecule has 1 aliphatic rings. The molecule has 1 fully saturated rings. The van der Waals surface area contributed by atoms with Crippen LogP contribution in [0.5, 0.6) is 0 Å². The largest absolute Gasteiger partial charge is 0.312 e. The van der Waals surface area contributed by atoms with Crippen molar-refractivity contribution in [2.24, 2.45) is 11.1 Å². The van der Waals surface area contributed by atoms with Gasteiger partial charge in [-0.3, -0.25) is 14.8 Å². The van der Waals surface area contributed by atoms with Crippen molar-refractivity contribution in [3.8, 4) is 0 Å². The number of benzene rings is 1. The van der Waals surface area contributed by atoms with Crippen LogP contribution in [0.3, 0.4) is 0 Å². The predicted octanol–water partition coefficient (Wildman–Crippen LogP) is 0.271. The molecule has 0 aliphatic carbocycles. The molecule has 1 saturated heterocycles. The van der Waals surface area contributed by atoms with Gasteiger partial charge in [0.25, 0.3) is 0 Å². The fourth-order valence-electron chi connectivity index (χ4n) is 2.59. The maximum atomic E-state index is 12.1. The molecule has 1 amide bonds. The Morgan fingerprint density at radius 1 is 1.24 bits per heavy atom. The topological polar surface area (TPSA) is 106 Å². The highest BCUT2D eigenvalue weighted by Crippen LogP contribution is 2.27. The molecule has 2 N–H and O–H groups in total. The number of hydrogen-bond acceptors (Lipinski definition) is 5. The highest BCUT2D eigenvalue weighted by molar-refractivity contribution is 7.89. The molecule has 1 atom stereocenters. The van der Waals surface area contributed by atoms with Crippen LogP contribution in [-0.4, -0.2) is 36.6 Å². The number of nitrogens with zero attached hydrogens (tertiary/aromatic N) is 3. The van der Waals surface area contributed by atoms with E-state index < -0.39 is 10.0 Å². The van der Waals surface area contributed by atoms with Crippen molar-refractivity contribution in [2.45, 2.75) is 6.42 Å². The Labute approximate surface area is 121 Å². The number of anilines is 1. The van der Waals surface area contributed by atoms with E-state index >= 15 is 0 Å². The summed E-state index contributed by atoms with van der Waals surface area (Å²) in [4.78, 5) is 22.0. The third-order valence-corrected chi connectivity index (χ3v) is 4.37. The summed E-state index contributed by atoms with van der Waals surface area (Å²) in [6.45, 7) is 0.348. The van der Waals surface area contributed by atoms with Gasteiger partial charge in [0.15, 0.2) is 0 Å². The Bertz CT molecular complexity index is 806. The normalized spacial score (nSPS) is 19.4. The lowest BCUT2D eigenvalue weighted by Gasteiger charge is -2.16. The monoisotopic (exact) mass is 306 g/mol. The first-order chi connectivity index (χ1) is 9.92. The summed E-state index contributed by atoms with van der Waals surface area (Å²) in [6.07, 6.45) is 3.38. The molecule has 110 valence electrons. The number of primary sulfonamides is 1. The van der Waals surface area contributed by atoms with Gasteiger partial charge in [-0.25, -0.2) is 13.6 Å². The molecule has 0 radical (unpaired) electrons. The van der Waals surface area contributed by atoms with Crippen LogP contribution in [0.25, 0.3) is 11.0 Å². The number of aromatic nitrogens is 2. The van der Waals surface area contributed by atoms with Crippen molar-refractivity contribution in [1.29, 1.82) is 0 Å². The molecule has 1 aliphatic heterocycles. The third kappa shape index (κ3) is 3.01. The number of sulfonamides is 1. The fraction of sp³-hybridized carbons (Fsp3) is 0.308. The summed E-state index contributed by atoms with van der Waals surface area (Å²) >= 11 is 0. The molecule has 8 heteroatoms. The molecule has 21 heavy (non-hydrogen) atoms. The Balaban J connectivity index is 1.87. The maximum absolute atomic E-state index is 12.1. The highest BCUT2D eigenvalue weighted by atomic mass is 32.2. The number of carbonyl (C=O) groups excluding carboxylic acids is 1. The number of hydrogen-bond donors (Lipinski definition) is 1. The smallest absolute Gasteiger partial charge is 0.227 e. The SMILES string of the molecule is NS(=O)(=O)CC1CC(=O)N(c2ccc3nccnc3c2)C1. The van der Waals surface area contributed by atoms with Crippen LogP contribution in [0.2, 0.25) is 0 Å². The van der Waals surface area contributed by atoms with Gasteiger partial charge in [-0.2, -0.15) is 0 Å². The summed E-state index contributed by atoms with van der Waals surface area (Å²) in [5.74, 6) is -0.556. The van der Waals surface area contributed by atoms with Gasteiger partial charge in [-0.05, 0) is 18.2 Å². The molecule has 7 nitrogen and oxygen atoms in total. The summed E-state index contributed by atoms with van der Waals surface area (Å²) in [5, 5.41) is 5.04. The zero-order chi connectivity index (χ0) is 15.0. The van der Waals surface area contributed by atoms with Crippen LogP contribution >= 0.6 is 0 Å². The molecule has 1 aromatic carbocycles. The first-order valence-electron chi connectivity index (χ1n) is 6.44. The number of amides is 1. The molecular weight excluding hydrogens is 292 g/mol. The second-order valence-corrected chi connectivity index (χ2v) is 6.79. The van der Waals surface area contributed by atoms with Gasteiger partial charge in [0.2, 0.25) is 15.9 Å². The summed E-state index contributed by atoms with van der Waals surface area (Å²) in [5.41, 5.74) is 2.14. The van der Waals surface area contributed by atoms with Crippen molar-refractivity contribution in [2.75, 3.05) is 17.2 Å². The van der Waals surface area contributed by atoms with Crippen LogP contribution < -0.4 is 10.0 Å². The Morgan fingerprint density at radius 2 is 1.95 bits per heavy atom. The molecule has 0 spiro atoms. The summed E-state index contributed by atoms with van der Waals surface area (Å²) in [7, 11) is -3.57. The van der Waals surface area contributed by atoms with Crippen molar-refractivity contribution < 1.29 is 13.2 Å². The lowest BCUT2D eigenvalue weighted by Crippen LogP contribution is -2.27. The van der Waals surface area contributed by atoms with E-state index in [-0.39, 0.29) is 24.0 Å². The Hall–Kier alpha value is -2.06. The average molecular weight is 306 g/mol. The molecular formula is C13H14N4O3S. The van der Waals surface area contributed by atoms with E-state index in [0.29, 0.717) is 17.7 Å². The Morgan fingerprint density at radius 3 is 2.67 bits per heavy atom. The second kappa shape index (κ2) is 5.05. The Kier molecular flexibility index (Phi) is 3.34. The lowest BCUT2D eigenvalue weighted by atomic mass is 10.1. The molecule has 3 rings (SSSR count). The number of nitrogens with two attached hydrogens (primary N) is 1. The first-order valence-corrected chi connectivity index (χ1v) is 8.15. The quantitative estimate of drug-likeness (QED) is 0.876. The summed E-state index contributed by atoms with van der Waals surface area (Å²) in [6, 6.07) is 5.35. The molecule has 0 saturated carbocycles. The summed E-state index contributed by atoms with van der Waals surface area (Å²) < 4.78 is 22.3. The average Bonchev–Trinajstić information content (AvgIpc) is 2.76. The zero-order valence-electron chi connectivity index (χ0n) is 11.1. The van der Waals surface area contributed by atoms with Crippen molar-refractivity contribution in [1.82, 2.24) is 9.97 Å². The van der Waals surface area contributed by atoms with E-state index in [1.54, 1.807) is 35.5 Å². The number of carbonyl (C=O) groups is 1. The van der Waals surface area contributed by atoms with Crippen LogP contribution in [-0.2, 0) is 14.8 Å². The van der Waals surface area contributed by atoms with Crippen molar-refractivity contribution in [3.63, 3.8) is 0 Å². The molecule has 1 aromatic heterocycles. The van der Waals surface area contributed by atoms with E-state index in [2.05, 4.69) is 9.97 Å². The minimum atomic E-state index is -3.57. The van der Waals surface area contributed by atoms with Gasteiger partial charge in [0.05, 0.1) is 16.8 Å². The van der Waals surface area contributed by atoms with E-state index in [0.717, 1.165) is 5.52 Å². The van der Waals surface area contributed by atoms with Gasteiger partial charge in [-0.15, -0.1) is 0 Å². The van der Waals surface area contributed by atoms with Crippen LogP contribution in [0, 0.1) is 5.92 Å². The van der Waals surface area contributed by atoms with E-state index in [9.17, 15) is 13.2 Å². The van der Waals surface area contributed by atoms with E-state index in [4.69, 9.17) is 5.14 Å². The third-order valence-electron chi connectivity index (χ3n) is 3.44. The van der Waals surface area contributed by atoms with Gasteiger partial charge in [-0.1, -0.05) is 0 Å². The molecule has 2 heterocycles. The molecule has 2 aromatic rings. The minimum Gasteiger partial charge on any atom is -0.312 e.